The van der Waals surface area contributed by atoms with Crippen LogP contribution in [0.15, 0.2) is 18.2 Å². The van der Waals surface area contributed by atoms with E-state index in [2.05, 4.69) is 4.90 Å². The third-order valence-corrected chi connectivity index (χ3v) is 3.81. The van der Waals surface area contributed by atoms with Gasteiger partial charge < -0.3 is 10.0 Å². The minimum absolute atomic E-state index is 0.386. The van der Waals surface area contributed by atoms with Crippen LogP contribution in [0.2, 0.25) is 0 Å². The molecule has 1 aromatic rings. The lowest BCUT2D eigenvalue weighted by Gasteiger charge is -2.42. The molecule has 1 saturated carbocycles. The summed E-state index contributed by atoms with van der Waals surface area (Å²) in [7, 11) is 0. The number of benzene rings is 1. The number of aromatic carboxylic acids is 1. The Morgan fingerprint density at radius 2 is 2.06 bits per heavy atom. The lowest BCUT2D eigenvalue weighted by molar-refractivity contribution is 0.0697. The van der Waals surface area contributed by atoms with Gasteiger partial charge in [0, 0.05) is 24.2 Å². The van der Waals surface area contributed by atoms with Crippen LogP contribution in [0.3, 0.4) is 0 Å². The molecule has 0 unspecified atom stereocenters. The van der Waals surface area contributed by atoms with Crippen molar-refractivity contribution in [2.45, 2.75) is 19.8 Å². The molecular formula is C13H15NO2. The summed E-state index contributed by atoms with van der Waals surface area (Å²) < 4.78 is 0. The summed E-state index contributed by atoms with van der Waals surface area (Å²) in [5.74, 6) is -0.845. The van der Waals surface area contributed by atoms with Gasteiger partial charge in [0.25, 0.3) is 0 Å². The highest BCUT2D eigenvalue weighted by molar-refractivity contribution is 5.89. The van der Waals surface area contributed by atoms with Crippen LogP contribution in [-0.2, 0) is 0 Å². The van der Waals surface area contributed by atoms with E-state index in [-0.39, 0.29) is 0 Å². The fourth-order valence-electron chi connectivity index (χ4n) is 2.51. The Labute approximate surface area is 94.7 Å². The maximum absolute atomic E-state index is 10.9. The van der Waals surface area contributed by atoms with Gasteiger partial charge in [-0.1, -0.05) is 6.07 Å². The molecule has 1 aliphatic carbocycles. The fourth-order valence-corrected chi connectivity index (χ4v) is 2.51. The third-order valence-electron chi connectivity index (χ3n) is 3.81. The molecule has 1 N–H and O–H groups in total. The van der Waals surface area contributed by atoms with E-state index < -0.39 is 5.97 Å². The zero-order valence-corrected chi connectivity index (χ0v) is 9.36. The molecule has 2 fully saturated rings. The number of hydrogen-bond donors (Lipinski definition) is 1. The number of carboxylic acids is 1. The van der Waals surface area contributed by atoms with Crippen molar-refractivity contribution in [2.75, 3.05) is 18.0 Å². The molecule has 1 aliphatic heterocycles. The first-order valence-electron chi connectivity index (χ1n) is 5.69. The largest absolute Gasteiger partial charge is 0.478 e. The van der Waals surface area contributed by atoms with E-state index in [1.807, 2.05) is 13.0 Å². The van der Waals surface area contributed by atoms with Crippen LogP contribution in [0, 0.1) is 12.3 Å². The number of carboxylic acid groups (broad SMARTS) is 1. The second-order valence-corrected chi connectivity index (χ2v) is 5.16. The zero-order valence-electron chi connectivity index (χ0n) is 9.36. The van der Waals surface area contributed by atoms with Gasteiger partial charge in [0.1, 0.15) is 0 Å². The summed E-state index contributed by atoms with van der Waals surface area (Å²) in [5, 5.41) is 8.97. The Morgan fingerprint density at radius 3 is 2.62 bits per heavy atom. The van der Waals surface area contributed by atoms with Crippen molar-refractivity contribution in [3.63, 3.8) is 0 Å². The van der Waals surface area contributed by atoms with Crippen LogP contribution < -0.4 is 4.90 Å². The number of aryl methyl sites for hydroxylation is 1. The maximum atomic E-state index is 10.9. The van der Waals surface area contributed by atoms with Crippen molar-refractivity contribution < 1.29 is 9.90 Å². The lowest BCUT2D eigenvalue weighted by atomic mass is 9.94. The van der Waals surface area contributed by atoms with Crippen molar-refractivity contribution in [2.24, 2.45) is 5.41 Å². The van der Waals surface area contributed by atoms with Gasteiger partial charge in [-0.15, -0.1) is 0 Å². The molecule has 3 nitrogen and oxygen atoms in total. The molecule has 1 saturated heterocycles. The molecule has 2 aliphatic rings. The van der Waals surface area contributed by atoms with E-state index in [0.29, 0.717) is 11.0 Å². The Kier molecular flexibility index (Phi) is 1.82. The minimum atomic E-state index is -0.845. The highest BCUT2D eigenvalue weighted by Gasteiger charge is 2.52. The molecule has 0 aromatic heterocycles. The Morgan fingerprint density at radius 1 is 1.38 bits per heavy atom. The quantitative estimate of drug-likeness (QED) is 0.826. The van der Waals surface area contributed by atoms with E-state index in [9.17, 15) is 4.79 Å². The van der Waals surface area contributed by atoms with E-state index in [1.165, 1.54) is 18.4 Å². The molecule has 3 rings (SSSR count). The highest BCUT2D eigenvalue weighted by atomic mass is 16.4. The molecular weight excluding hydrogens is 202 g/mol. The Hall–Kier alpha value is -1.51. The van der Waals surface area contributed by atoms with Gasteiger partial charge in [-0.05, 0) is 37.5 Å². The van der Waals surface area contributed by atoms with Crippen molar-refractivity contribution in [1.29, 1.82) is 0 Å². The molecule has 1 spiro atoms. The van der Waals surface area contributed by atoms with Crippen LogP contribution in [0.4, 0.5) is 5.69 Å². The van der Waals surface area contributed by atoms with Gasteiger partial charge >= 0.3 is 5.97 Å². The van der Waals surface area contributed by atoms with Gasteiger partial charge in [0.2, 0.25) is 0 Å². The molecule has 3 heteroatoms. The number of carbonyl (C=O) groups is 1. The van der Waals surface area contributed by atoms with Crippen molar-refractivity contribution in [3.8, 4) is 0 Å². The smallest absolute Gasteiger partial charge is 0.335 e. The summed E-state index contributed by atoms with van der Waals surface area (Å²) in [6.07, 6.45) is 2.70. The molecule has 1 aromatic carbocycles. The first kappa shape index (κ1) is 9.70. The van der Waals surface area contributed by atoms with Crippen LogP contribution in [0.25, 0.3) is 0 Å². The van der Waals surface area contributed by atoms with Crippen molar-refractivity contribution in [3.05, 3.63) is 29.3 Å². The monoisotopic (exact) mass is 217 g/mol. The number of nitrogens with zero attached hydrogens (tertiary/aromatic N) is 1. The number of rotatable bonds is 2. The molecule has 0 bridgehead atoms. The van der Waals surface area contributed by atoms with Gasteiger partial charge in [-0.25, -0.2) is 4.79 Å². The summed E-state index contributed by atoms with van der Waals surface area (Å²) in [6, 6.07) is 5.37. The summed E-state index contributed by atoms with van der Waals surface area (Å²) in [5.41, 5.74) is 3.25. The number of hydrogen-bond acceptors (Lipinski definition) is 2. The average molecular weight is 217 g/mol. The predicted octanol–water partition coefficient (Wildman–Crippen LogP) is 2.29. The lowest BCUT2D eigenvalue weighted by Crippen LogP contribution is -2.48. The second-order valence-electron chi connectivity index (χ2n) is 5.16. The maximum Gasteiger partial charge on any atom is 0.335 e. The molecule has 1 heterocycles. The molecule has 0 atom stereocenters. The van der Waals surface area contributed by atoms with Crippen LogP contribution >= 0.6 is 0 Å². The first-order valence-corrected chi connectivity index (χ1v) is 5.69. The van der Waals surface area contributed by atoms with Crippen LogP contribution in [0.5, 0.6) is 0 Å². The molecule has 16 heavy (non-hydrogen) atoms. The average Bonchev–Trinajstić information content (AvgIpc) is 2.96. The fraction of sp³-hybridized carbons (Fsp3) is 0.462. The third kappa shape index (κ3) is 1.39. The van der Waals surface area contributed by atoms with E-state index in [0.717, 1.165) is 18.8 Å². The second kappa shape index (κ2) is 3.00. The normalized spacial score (nSPS) is 20.7. The minimum Gasteiger partial charge on any atom is -0.478 e. The zero-order chi connectivity index (χ0) is 11.3. The first-order chi connectivity index (χ1) is 7.60. The van der Waals surface area contributed by atoms with Gasteiger partial charge in [0.15, 0.2) is 0 Å². The van der Waals surface area contributed by atoms with Crippen LogP contribution in [-0.4, -0.2) is 24.2 Å². The highest BCUT2D eigenvalue weighted by Crippen LogP contribution is 2.54. The van der Waals surface area contributed by atoms with E-state index in [1.54, 1.807) is 12.1 Å². The molecule has 0 amide bonds. The number of anilines is 1. The van der Waals surface area contributed by atoms with Crippen LogP contribution in [0.1, 0.15) is 28.8 Å². The topological polar surface area (TPSA) is 40.5 Å². The Balaban J connectivity index is 1.87. The predicted molar refractivity (Wildman–Crippen MR) is 62.0 cm³/mol. The van der Waals surface area contributed by atoms with Gasteiger partial charge in [-0.3, -0.25) is 0 Å². The standard InChI is InChI=1S/C13H15NO2/c1-9-2-3-10(12(15)16)6-11(9)14-7-13(8-14)4-5-13/h2-3,6H,4-5,7-8H2,1H3,(H,15,16). The summed E-state index contributed by atoms with van der Waals surface area (Å²) in [6.45, 7) is 4.26. The van der Waals surface area contributed by atoms with E-state index in [4.69, 9.17) is 5.11 Å². The molecule has 84 valence electrons. The van der Waals surface area contributed by atoms with Gasteiger partial charge in [-0.2, -0.15) is 0 Å². The summed E-state index contributed by atoms with van der Waals surface area (Å²) >= 11 is 0. The van der Waals surface area contributed by atoms with Crippen molar-refractivity contribution in [1.82, 2.24) is 0 Å². The summed E-state index contributed by atoms with van der Waals surface area (Å²) in [4.78, 5) is 13.2. The van der Waals surface area contributed by atoms with E-state index >= 15 is 0 Å². The van der Waals surface area contributed by atoms with Crippen molar-refractivity contribution >= 4 is 11.7 Å². The SMILES string of the molecule is Cc1ccc(C(=O)O)cc1N1CC2(CC2)C1. The van der Waals surface area contributed by atoms with Gasteiger partial charge in [0.05, 0.1) is 5.56 Å². The molecule has 0 radical (unpaired) electrons. The Bertz CT molecular complexity index is 455.